The average Bonchev–Trinajstić information content (AvgIpc) is 2.66. The fourth-order valence-corrected chi connectivity index (χ4v) is 1.78. The Morgan fingerprint density at radius 1 is 1.22 bits per heavy atom. The highest BCUT2D eigenvalue weighted by Crippen LogP contribution is 2.33. The molecule has 0 spiro atoms. The molecule has 0 aliphatic heterocycles. The van der Waals surface area contributed by atoms with Crippen LogP contribution in [0.5, 0.6) is 0 Å². The van der Waals surface area contributed by atoms with E-state index in [-0.39, 0.29) is 29.7 Å². The van der Waals surface area contributed by atoms with Gasteiger partial charge in [-0.2, -0.15) is 0 Å². The van der Waals surface area contributed by atoms with E-state index in [1.54, 1.807) is 6.92 Å². The average molecular weight is 254 g/mol. The summed E-state index contributed by atoms with van der Waals surface area (Å²) in [5.41, 5.74) is 0.294. The van der Waals surface area contributed by atoms with Gasteiger partial charge in [0.15, 0.2) is 0 Å². The van der Waals surface area contributed by atoms with Crippen LogP contribution in [0.25, 0.3) is 0 Å². The van der Waals surface area contributed by atoms with Crippen molar-refractivity contribution in [2.24, 2.45) is 0 Å². The summed E-state index contributed by atoms with van der Waals surface area (Å²) in [6.07, 6.45) is -0.121. The molecule has 98 valence electrons. The second-order valence-corrected chi connectivity index (χ2v) is 3.65. The normalized spacial score (nSPS) is 14.8. The zero-order chi connectivity index (χ0) is 13.9. The van der Waals surface area contributed by atoms with Gasteiger partial charge in [0, 0.05) is 12.0 Å². The molecule has 0 bridgehead atoms. The van der Waals surface area contributed by atoms with Crippen molar-refractivity contribution < 1.29 is 29.0 Å². The number of rotatable bonds is 4. The molecule has 6 heteroatoms. The van der Waals surface area contributed by atoms with E-state index in [2.05, 4.69) is 4.74 Å². The molecule has 0 aromatic rings. The van der Waals surface area contributed by atoms with Crippen molar-refractivity contribution in [3.63, 3.8) is 0 Å². The van der Waals surface area contributed by atoms with E-state index in [0.29, 0.717) is 5.57 Å². The predicted molar refractivity (Wildman–Crippen MR) is 60.6 cm³/mol. The molecule has 0 unspecified atom stereocenters. The van der Waals surface area contributed by atoms with Gasteiger partial charge in [-0.15, -0.1) is 0 Å². The van der Waals surface area contributed by atoms with E-state index < -0.39 is 17.9 Å². The van der Waals surface area contributed by atoms with Gasteiger partial charge in [-0.05, 0) is 19.4 Å². The van der Waals surface area contributed by atoms with Crippen LogP contribution in [0.1, 0.15) is 20.3 Å². The number of carbonyl (C=O) groups excluding carboxylic acids is 2. The Kier molecular flexibility index (Phi) is 4.25. The van der Waals surface area contributed by atoms with Gasteiger partial charge in [-0.25, -0.2) is 14.4 Å². The maximum Gasteiger partial charge on any atom is 0.338 e. The summed E-state index contributed by atoms with van der Waals surface area (Å²) in [5.74, 6) is -2.61. The highest BCUT2D eigenvalue weighted by atomic mass is 16.5. The van der Waals surface area contributed by atoms with E-state index in [4.69, 9.17) is 9.84 Å². The van der Waals surface area contributed by atoms with Crippen LogP contribution in [-0.2, 0) is 23.9 Å². The third-order valence-corrected chi connectivity index (χ3v) is 2.65. The summed E-state index contributed by atoms with van der Waals surface area (Å²) in [7, 11) is 1.16. The number of ether oxygens (including phenoxy) is 2. The SMILES string of the molecule is CCOC(=O)C1=C(C)C(C(=O)OC)=C(C(=O)O)C1. The number of methoxy groups -OCH3 is 1. The first-order valence-electron chi connectivity index (χ1n) is 5.36. The van der Waals surface area contributed by atoms with E-state index in [1.165, 1.54) is 6.92 Å². The molecule has 0 heterocycles. The minimum Gasteiger partial charge on any atom is -0.478 e. The lowest BCUT2D eigenvalue weighted by molar-refractivity contribution is -0.138. The Balaban J connectivity index is 3.18. The fourth-order valence-electron chi connectivity index (χ4n) is 1.78. The largest absolute Gasteiger partial charge is 0.478 e. The van der Waals surface area contributed by atoms with Crippen molar-refractivity contribution in [3.8, 4) is 0 Å². The summed E-state index contributed by atoms with van der Waals surface area (Å²) in [5, 5.41) is 9.03. The van der Waals surface area contributed by atoms with Crippen molar-refractivity contribution in [2.75, 3.05) is 13.7 Å². The number of carboxylic acid groups (broad SMARTS) is 1. The molecule has 0 amide bonds. The van der Waals surface area contributed by atoms with Crippen LogP contribution in [0.4, 0.5) is 0 Å². The third-order valence-electron chi connectivity index (χ3n) is 2.65. The van der Waals surface area contributed by atoms with Crippen LogP contribution >= 0.6 is 0 Å². The molecule has 0 radical (unpaired) electrons. The van der Waals surface area contributed by atoms with E-state index >= 15 is 0 Å². The minimum absolute atomic E-state index is 0.0620. The van der Waals surface area contributed by atoms with Crippen molar-refractivity contribution in [1.29, 1.82) is 0 Å². The molecule has 0 aromatic carbocycles. The van der Waals surface area contributed by atoms with Crippen molar-refractivity contribution >= 4 is 17.9 Å². The topological polar surface area (TPSA) is 89.9 Å². The lowest BCUT2D eigenvalue weighted by Crippen LogP contribution is -2.10. The minimum atomic E-state index is -1.24. The van der Waals surface area contributed by atoms with Crippen LogP contribution in [-0.4, -0.2) is 36.7 Å². The first kappa shape index (κ1) is 14.0. The van der Waals surface area contributed by atoms with Crippen LogP contribution in [0, 0.1) is 0 Å². The number of hydrogen-bond donors (Lipinski definition) is 1. The lowest BCUT2D eigenvalue weighted by Gasteiger charge is -2.04. The standard InChI is InChI=1S/C12H14O6/c1-4-18-11(15)7-5-8(10(13)14)9(6(7)2)12(16)17-3/h4-5H2,1-3H3,(H,13,14). The molecule has 1 aliphatic carbocycles. The predicted octanol–water partition coefficient (Wildman–Crippen LogP) is 0.824. The Morgan fingerprint density at radius 2 is 1.83 bits per heavy atom. The highest BCUT2D eigenvalue weighted by Gasteiger charge is 2.34. The lowest BCUT2D eigenvalue weighted by atomic mass is 10.1. The van der Waals surface area contributed by atoms with Crippen LogP contribution in [0.2, 0.25) is 0 Å². The second kappa shape index (κ2) is 5.48. The molecule has 0 atom stereocenters. The zero-order valence-electron chi connectivity index (χ0n) is 10.4. The Bertz CT molecular complexity index is 469. The van der Waals surface area contributed by atoms with Gasteiger partial charge < -0.3 is 14.6 Å². The van der Waals surface area contributed by atoms with Gasteiger partial charge in [0.1, 0.15) is 0 Å². The van der Waals surface area contributed by atoms with Crippen LogP contribution in [0.15, 0.2) is 22.3 Å². The fraction of sp³-hybridized carbons (Fsp3) is 0.417. The third kappa shape index (κ3) is 2.42. The summed E-state index contributed by atoms with van der Waals surface area (Å²) < 4.78 is 9.34. The van der Waals surface area contributed by atoms with E-state index in [1.807, 2.05) is 0 Å². The molecule has 18 heavy (non-hydrogen) atoms. The molecular formula is C12H14O6. The molecule has 1 rings (SSSR count). The number of esters is 2. The zero-order valence-corrected chi connectivity index (χ0v) is 10.4. The van der Waals surface area contributed by atoms with Gasteiger partial charge in [0.05, 0.1) is 24.9 Å². The molecule has 0 saturated carbocycles. The number of aliphatic carboxylic acids is 1. The molecule has 1 N–H and O–H groups in total. The van der Waals surface area contributed by atoms with Gasteiger partial charge in [-0.1, -0.05) is 0 Å². The summed E-state index contributed by atoms with van der Waals surface area (Å²) in [6, 6.07) is 0. The molecular weight excluding hydrogens is 240 g/mol. The molecule has 0 saturated heterocycles. The number of carboxylic acids is 1. The van der Waals surface area contributed by atoms with Crippen molar-refractivity contribution in [3.05, 3.63) is 22.3 Å². The Hall–Kier alpha value is -2.11. The Labute approximate surface area is 104 Å². The monoisotopic (exact) mass is 254 g/mol. The molecule has 0 aromatic heterocycles. The first-order chi connectivity index (χ1) is 8.43. The maximum absolute atomic E-state index is 11.6. The summed E-state index contributed by atoms with van der Waals surface area (Å²) in [4.78, 5) is 34.2. The van der Waals surface area contributed by atoms with E-state index in [9.17, 15) is 14.4 Å². The molecule has 6 nitrogen and oxygen atoms in total. The van der Waals surface area contributed by atoms with Crippen LogP contribution < -0.4 is 0 Å². The van der Waals surface area contributed by atoms with Gasteiger partial charge in [0.25, 0.3) is 0 Å². The number of carbonyl (C=O) groups is 3. The van der Waals surface area contributed by atoms with Gasteiger partial charge in [0.2, 0.25) is 0 Å². The second-order valence-electron chi connectivity index (χ2n) is 3.65. The van der Waals surface area contributed by atoms with E-state index in [0.717, 1.165) is 7.11 Å². The summed E-state index contributed by atoms with van der Waals surface area (Å²) in [6.45, 7) is 3.34. The first-order valence-corrected chi connectivity index (χ1v) is 5.36. The van der Waals surface area contributed by atoms with Gasteiger partial charge >= 0.3 is 17.9 Å². The van der Waals surface area contributed by atoms with Crippen molar-refractivity contribution in [1.82, 2.24) is 0 Å². The van der Waals surface area contributed by atoms with Gasteiger partial charge in [-0.3, -0.25) is 0 Å². The maximum atomic E-state index is 11.6. The smallest absolute Gasteiger partial charge is 0.338 e. The molecule has 1 aliphatic rings. The van der Waals surface area contributed by atoms with Crippen molar-refractivity contribution in [2.45, 2.75) is 20.3 Å². The van der Waals surface area contributed by atoms with Crippen LogP contribution in [0.3, 0.4) is 0 Å². The number of hydrogen-bond acceptors (Lipinski definition) is 5. The Morgan fingerprint density at radius 3 is 2.28 bits per heavy atom. The summed E-state index contributed by atoms with van der Waals surface area (Å²) >= 11 is 0. The highest BCUT2D eigenvalue weighted by molar-refractivity contribution is 6.09. The quantitative estimate of drug-likeness (QED) is 0.747. The molecule has 0 fully saturated rings.